The van der Waals surface area contributed by atoms with E-state index in [2.05, 4.69) is 6.07 Å². The second kappa shape index (κ2) is 7.99. The molecule has 0 aromatic heterocycles. The number of nitriles is 1. The van der Waals surface area contributed by atoms with Gasteiger partial charge in [0.25, 0.3) is 0 Å². The zero-order valence-corrected chi connectivity index (χ0v) is 8.36. The first-order valence-corrected chi connectivity index (χ1v) is 4.47. The predicted octanol–water partition coefficient (Wildman–Crippen LogP) is 0.0868. The van der Waals surface area contributed by atoms with Crippen molar-refractivity contribution in [1.82, 2.24) is 4.90 Å². The highest BCUT2D eigenvalue weighted by molar-refractivity contribution is 4.80. The molecule has 4 heteroatoms. The van der Waals surface area contributed by atoms with Gasteiger partial charge in [-0.25, -0.2) is 0 Å². The highest BCUT2D eigenvalue weighted by Crippen LogP contribution is 1.95. The van der Waals surface area contributed by atoms with E-state index in [1.54, 1.807) is 0 Å². The molecule has 76 valence electrons. The van der Waals surface area contributed by atoms with Gasteiger partial charge in [-0.2, -0.15) is 5.26 Å². The molecule has 0 spiro atoms. The van der Waals surface area contributed by atoms with E-state index < -0.39 is 0 Å². The second-order valence-electron chi connectivity index (χ2n) is 3.13. The number of aliphatic hydroxyl groups excluding tert-OH is 1. The fourth-order valence-electron chi connectivity index (χ4n) is 0.987. The van der Waals surface area contributed by atoms with Crippen LogP contribution in [0.15, 0.2) is 0 Å². The Balaban J connectivity index is 3.30. The van der Waals surface area contributed by atoms with Gasteiger partial charge in [0.05, 0.1) is 31.8 Å². The Morgan fingerprint density at radius 1 is 1.54 bits per heavy atom. The smallest absolute Gasteiger partial charge is 0.0698 e. The first-order valence-electron chi connectivity index (χ1n) is 4.47. The van der Waals surface area contributed by atoms with E-state index in [0.717, 1.165) is 13.1 Å². The van der Waals surface area contributed by atoms with Crippen molar-refractivity contribution in [3.8, 4) is 6.07 Å². The molecule has 0 aromatic carbocycles. The molecule has 0 aliphatic rings. The molecule has 0 saturated carbocycles. The minimum Gasteiger partial charge on any atom is -0.394 e. The minimum atomic E-state index is 0.0582. The summed E-state index contributed by atoms with van der Waals surface area (Å²) in [6.45, 7) is 4.52. The number of ether oxygens (including phenoxy) is 1. The number of rotatable bonds is 7. The first-order chi connectivity index (χ1) is 6.20. The van der Waals surface area contributed by atoms with Crippen LogP contribution in [0.3, 0.4) is 0 Å². The molecule has 1 N–H and O–H groups in total. The molecular formula is C9H18N2O2. The molecule has 0 fully saturated rings. The fourth-order valence-corrected chi connectivity index (χ4v) is 0.987. The van der Waals surface area contributed by atoms with Crippen molar-refractivity contribution >= 4 is 0 Å². The van der Waals surface area contributed by atoms with E-state index in [0.29, 0.717) is 13.2 Å². The van der Waals surface area contributed by atoms with Crippen LogP contribution in [0.4, 0.5) is 0 Å². The molecule has 13 heavy (non-hydrogen) atoms. The van der Waals surface area contributed by atoms with Crippen molar-refractivity contribution in [3.63, 3.8) is 0 Å². The average Bonchev–Trinajstić information content (AvgIpc) is 2.12. The van der Waals surface area contributed by atoms with Crippen LogP contribution in [0.1, 0.15) is 6.92 Å². The molecule has 1 atom stereocenters. The summed E-state index contributed by atoms with van der Waals surface area (Å²) in [6.07, 6.45) is 0. The molecule has 0 heterocycles. The van der Waals surface area contributed by atoms with Crippen molar-refractivity contribution in [3.05, 3.63) is 0 Å². The van der Waals surface area contributed by atoms with E-state index in [1.807, 2.05) is 18.9 Å². The first kappa shape index (κ1) is 12.4. The van der Waals surface area contributed by atoms with E-state index in [-0.39, 0.29) is 12.5 Å². The molecule has 0 radical (unpaired) electrons. The summed E-state index contributed by atoms with van der Waals surface area (Å²) in [6, 6.07) is 2.17. The van der Waals surface area contributed by atoms with Crippen molar-refractivity contribution in [2.75, 3.05) is 40.0 Å². The molecule has 0 saturated heterocycles. The SMILES string of the molecule is CC(C#N)CN(C)CCOCCO. The van der Waals surface area contributed by atoms with Crippen LogP contribution >= 0.6 is 0 Å². The van der Waals surface area contributed by atoms with Crippen LogP contribution in [0, 0.1) is 17.2 Å². The largest absolute Gasteiger partial charge is 0.394 e. The lowest BCUT2D eigenvalue weighted by Crippen LogP contribution is -2.27. The van der Waals surface area contributed by atoms with Gasteiger partial charge in [0.15, 0.2) is 0 Å². The molecule has 1 unspecified atom stereocenters. The van der Waals surface area contributed by atoms with Crippen molar-refractivity contribution < 1.29 is 9.84 Å². The van der Waals surface area contributed by atoms with Gasteiger partial charge >= 0.3 is 0 Å². The average molecular weight is 186 g/mol. The summed E-state index contributed by atoms with van der Waals surface area (Å²) in [4.78, 5) is 2.05. The summed E-state index contributed by atoms with van der Waals surface area (Å²) in [7, 11) is 1.95. The molecule has 0 aliphatic carbocycles. The summed E-state index contributed by atoms with van der Waals surface area (Å²) < 4.78 is 5.09. The highest BCUT2D eigenvalue weighted by atomic mass is 16.5. The third kappa shape index (κ3) is 7.72. The van der Waals surface area contributed by atoms with Crippen molar-refractivity contribution in [2.45, 2.75) is 6.92 Å². The number of hydrogen-bond donors (Lipinski definition) is 1. The molecular weight excluding hydrogens is 168 g/mol. The van der Waals surface area contributed by atoms with Gasteiger partial charge in [-0.1, -0.05) is 0 Å². The van der Waals surface area contributed by atoms with E-state index in [9.17, 15) is 0 Å². The maximum absolute atomic E-state index is 8.55. The number of nitrogens with zero attached hydrogens (tertiary/aromatic N) is 2. The van der Waals surface area contributed by atoms with Gasteiger partial charge < -0.3 is 14.7 Å². The molecule has 0 rings (SSSR count). The summed E-state index contributed by atoms with van der Waals surface area (Å²) >= 11 is 0. The van der Waals surface area contributed by atoms with Gasteiger partial charge in [0.2, 0.25) is 0 Å². The van der Waals surface area contributed by atoms with Gasteiger partial charge in [-0.05, 0) is 14.0 Å². The number of aliphatic hydroxyl groups is 1. The zero-order chi connectivity index (χ0) is 10.1. The third-order valence-electron chi connectivity index (χ3n) is 1.66. The van der Waals surface area contributed by atoms with Crippen LogP contribution in [0.2, 0.25) is 0 Å². The van der Waals surface area contributed by atoms with Gasteiger partial charge in [-0.15, -0.1) is 0 Å². The number of hydrogen-bond acceptors (Lipinski definition) is 4. The Kier molecular flexibility index (Phi) is 7.60. The standard InChI is InChI=1S/C9H18N2O2/c1-9(7-10)8-11(2)3-5-13-6-4-12/h9,12H,3-6,8H2,1-2H3. The van der Waals surface area contributed by atoms with Crippen LogP contribution in [-0.2, 0) is 4.74 Å². The van der Waals surface area contributed by atoms with Gasteiger partial charge in [0, 0.05) is 13.1 Å². The molecule has 0 aliphatic heterocycles. The van der Waals surface area contributed by atoms with Crippen molar-refractivity contribution in [2.24, 2.45) is 5.92 Å². The van der Waals surface area contributed by atoms with E-state index in [4.69, 9.17) is 15.1 Å². The molecule has 0 bridgehead atoms. The maximum atomic E-state index is 8.55. The lowest BCUT2D eigenvalue weighted by atomic mass is 10.2. The fraction of sp³-hybridized carbons (Fsp3) is 0.889. The Bertz CT molecular complexity index is 156. The predicted molar refractivity (Wildman–Crippen MR) is 50.2 cm³/mol. The van der Waals surface area contributed by atoms with Crippen LogP contribution < -0.4 is 0 Å². The quantitative estimate of drug-likeness (QED) is 0.572. The molecule has 0 aromatic rings. The summed E-state index contributed by atoms with van der Waals surface area (Å²) in [5.74, 6) is 0.0582. The lowest BCUT2D eigenvalue weighted by Gasteiger charge is -2.17. The zero-order valence-electron chi connectivity index (χ0n) is 8.36. The van der Waals surface area contributed by atoms with Gasteiger partial charge in [-0.3, -0.25) is 0 Å². The van der Waals surface area contributed by atoms with E-state index in [1.165, 1.54) is 0 Å². The monoisotopic (exact) mass is 186 g/mol. The highest BCUT2D eigenvalue weighted by Gasteiger charge is 2.03. The number of likely N-dealkylation sites (N-methyl/N-ethyl adjacent to an activating group) is 1. The minimum absolute atomic E-state index is 0.0582. The third-order valence-corrected chi connectivity index (χ3v) is 1.66. The Morgan fingerprint density at radius 2 is 2.23 bits per heavy atom. The lowest BCUT2D eigenvalue weighted by molar-refractivity contribution is 0.0773. The van der Waals surface area contributed by atoms with Crippen molar-refractivity contribution in [1.29, 1.82) is 5.26 Å². The summed E-state index contributed by atoms with van der Waals surface area (Å²) in [5.41, 5.74) is 0. The van der Waals surface area contributed by atoms with Crippen LogP contribution in [0.5, 0.6) is 0 Å². The molecule has 4 nitrogen and oxygen atoms in total. The molecule has 0 amide bonds. The Labute approximate surface area is 79.7 Å². The Morgan fingerprint density at radius 3 is 2.77 bits per heavy atom. The maximum Gasteiger partial charge on any atom is 0.0698 e. The normalized spacial score (nSPS) is 12.8. The van der Waals surface area contributed by atoms with E-state index >= 15 is 0 Å². The van der Waals surface area contributed by atoms with Crippen LogP contribution in [0.25, 0.3) is 0 Å². The van der Waals surface area contributed by atoms with Gasteiger partial charge in [0.1, 0.15) is 0 Å². The topological polar surface area (TPSA) is 56.5 Å². The van der Waals surface area contributed by atoms with Crippen LogP contribution in [-0.4, -0.2) is 50.0 Å². The summed E-state index contributed by atoms with van der Waals surface area (Å²) in [5, 5.41) is 17.0. The second-order valence-corrected chi connectivity index (χ2v) is 3.13. The Hall–Kier alpha value is -0.630.